The molecule has 0 saturated heterocycles. The highest BCUT2D eigenvalue weighted by atomic mass is 32.1. The SMILES string of the molecule is COc1ccc(CCCc2nc(-c3cc(C)n(-c4ncn[nH]4)c3C)cs2)cc1OC. The molecule has 0 fully saturated rings. The zero-order valence-electron chi connectivity index (χ0n) is 17.6. The van der Waals surface area contributed by atoms with Gasteiger partial charge in [-0.3, -0.25) is 4.57 Å². The van der Waals surface area contributed by atoms with Gasteiger partial charge in [0, 0.05) is 22.3 Å². The normalized spacial score (nSPS) is 11.1. The quantitative estimate of drug-likeness (QED) is 0.451. The van der Waals surface area contributed by atoms with Crippen LogP contribution in [0.3, 0.4) is 0 Å². The van der Waals surface area contributed by atoms with Gasteiger partial charge >= 0.3 is 0 Å². The molecule has 4 rings (SSSR count). The minimum absolute atomic E-state index is 0.724. The smallest absolute Gasteiger partial charge is 0.229 e. The summed E-state index contributed by atoms with van der Waals surface area (Å²) in [5.74, 6) is 2.25. The van der Waals surface area contributed by atoms with E-state index in [-0.39, 0.29) is 0 Å². The van der Waals surface area contributed by atoms with Crippen LogP contribution in [-0.2, 0) is 12.8 Å². The monoisotopic (exact) mass is 423 g/mol. The van der Waals surface area contributed by atoms with E-state index >= 15 is 0 Å². The summed E-state index contributed by atoms with van der Waals surface area (Å²) in [6.45, 7) is 4.15. The molecule has 3 aromatic heterocycles. The summed E-state index contributed by atoms with van der Waals surface area (Å²) in [5.41, 5.74) is 5.58. The summed E-state index contributed by atoms with van der Waals surface area (Å²) in [7, 11) is 3.32. The van der Waals surface area contributed by atoms with E-state index in [2.05, 4.69) is 51.1 Å². The van der Waals surface area contributed by atoms with E-state index < -0.39 is 0 Å². The van der Waals surface area contributed by atoms with Gasteiger partial charge in [0.25, 0.3) is 0 Å². The zero-order chi connectivity index (χ0) is 21.1. The Morgan fingerprint density at radius 3 is 2.63 bits per heavy atom. The van der Waals surface area contributed by atoms with Crippen molar-refractivity contribution in [3.8, 4) is 28.7 Å². The van der Waals surface area contributed by atoms with E-state index in [1.165, 1.54) is 11.9 Å². The predicted molar refractivity (Wildman–Crippen MR) is 118 cm³/mol. The first-order valence-corrected chi connectivity index (χ1v) is 10.7. The first kappa shape index (κ1) is 20.2. The number of nitrogens with one attached hydrogen (secondary N) is 1. The zero-order valence-corrected chi connectivity index (χ0v) is 18.4. The van der Waals surface area contributed by atoms with Crippen molar-refractivity contribution >= 4 is 11.3 Å². The third-order valence-corrected chi connectivity index (χ3v) is 6.09. The van der Waals surface area contributed by atoms with Crippen LogP contribution < -0.4 is 9.47 Å². The van der Waals surface area contributed by atoms with Crippen LogP contribution >= 0.6 is 11.3 Å². The fraction of sp³-hybridized carbons (Fsp3) is 0.318. The van der Waals surface area contributed by atoms with Crippen molar-refractivity contribution in [2.75, 3.05) is 14.2 Å². The standard InChI is InChI=1S/C22H25N5O2S/c1-14-10-17(15(2)27(14)22-23-13-24-26-22)18-12-30-21(25-18)7-5-6-16-8-9-19(28-3)20(11-16)29-4/h8-13H,5-7H2,1-4H3,(H,23,24,26). The molecule has 0 aliphatic heterocycles. The van der Waals surface area contributed by atoms with Gasteiger partial charge in [-0.25, -0.2) is 10.1 Å². The van der Waals surface area contributed by atoms with Crippen molar-refractivity contribution in [3.05, 3.63) is 57.9 Å². The fourth-order valence-electron chi connectivity index (χ4n) is 3.68. The molecular weight excluding hydrogens is 398 g/mol. The Kier molecular flexibility index (Phi) is 5.85. The number of hydrogen-bond donors (Lipinski definition) is 1. The lowest BCUT2D eigenvalue weighted by Gasteiger charge is -2.09. The average Bonchev–Trinajstić information content (AvgIpc) is 3.49. The Hall–Kier alpha value is -3.13. The fourth-order valence-corrected chi connectivity index (χ4v) is 4.52. The molecule has 0 amide bonds. The summed E-state index contributed by atoms with van der Waals surface area (Å²) in [4.78, 5) is 9.16. The van der Waals surface area contributed by atoms with Crippen molar-refractivity contribution in [2.24, 2.45) is 0 Å². The number of ether oxygens (including phenoxy) is 2. The number of methoxy groups -OCH3 is 2. The summed E-state index contributed by atoms with van der Waals surface area (Å²) in [5, 5.41) is 10.2. The van der Waals surface area contributed by atoms with Crippen LogP contribution in [0.25, 0.3) is 17.2 Å². The Morgan fingerprint density at radius 1 is 1.07 bits per heavy atom. The summed E-state index contributed by atoms with van der Waals surface area (Å²) < 4.78 is 12.8. The van der Waals surface area contributed by atoms with Crippen LogP contribution in [0.1, 0.15) is 28.4 Å². The first-order chi connectivity index (χ1) is 14.6. The van der Waals surface area contributed by atoms with Crippen LogP contribution in [0, 0.1) is 13.8 Å². The van der Waals surface area contributed by atoms with E-state index in [1.54, 1.807) is 25.6 Å². The number of nitrogens with zero attached hydrogens (tertiary/aromatic N) is 4. The molecule has 0 aliphatic rings. The van der Waals surface area contributed by atoms with Crippen molar-refractivity contribution in [3.63, 3.8) is 0 Å². The van der Waals surface area contributed by atoms with Crippen molar-refractivity contribution in [1.29, 1.82) is 0 Å². The average molecular weight is 424 g/mol. The number of benzene rings is 1. The number of aryl methyl sites for hydroxylation is 3. The first-order valence-electron chi connectivity index (χ1n) is 9.81. The molecule has 0 spiro atoms. The lowest BCUT2D eigenvalue weighted by atomic mass is 10.1. The summed E-state index contributed by atoms with van der Waals surface area (Å²) in [6.07, 6.45) is 4.46. The van der Waals surface area contributed by atoms with Gasteiger partial charge in [-0.1, -0.05) is 6.07 Å². The molecule has 0 atom stereocenters. The van der Waals surface area contributed by atoms with Crippen LogP contribution in [-0.4, -0.2) is 39.0 Å². The Balaban J connectivity index is 1.44. The summed E-state index contributed by atoms with van der Waals surface area (Å²) >= 11 is 1.71. The molecule has 4 aromatic rings. The number of H-pyrrole nitrogens is 1. The molecule has 30 heavy (non-hydrogen) atoms. The Morgan fingerprint density at radius 2 is 1.90 bits per heavy atom. The molecule has 1 aromatic carbocycles. The van der Waals surface area contributed by atoms with Gasteiger partial charge in [0.1, 0.15) is 6.33 Å². The minimum Gasteiger partial charge on any atom is -0.493 e. The number of aromatic amines is 1. The molecule has 0 radical (unpaired) electrons. The van der Waals surface area contributed by atoms with Crippen LogP contribution in [0.15, 0.2) is 36.0 Å². The highest BCUT2D eigenvalue weighted by Gasteiger charge is 2.16. The largest absolute Gasteiger partial charge is 0.493 e. The van der Waals surface area contributed by atoms with Gasteiger partial charge in [-0.15, -0.1) is 11.3 Å². The number of thiazole rings is 1. The maximum absolute atomic E-state index is 5.40. The molecule has 156 valence electrons. The predicted octanol–water partition coefficient (Wildman–Crippen LogP) is 4.53. The Bertz CT molecular complexity index is 1130. The maximum Gasteiger partial charge on any atom is 0.229 e. The molecule has 0 unspecified atom stereocenters. The van der Waals surface area contributed by atoms with E-state index in [4.69, 9.17) is 14.5 Å². The van der Waals surface area contributed by atoms with E-state index in [1.807, 2.05) is 12.1 Å². The van der Waals surface area contributed by atoms with Crippen molar-refractivity contribution in [1.82, 2.24) is 24.7 Å². The van der Waals surface area contributed by atoms with E-state index in [9.17, 15) is 0 Å². The van der Waals surface area contributed by atoms with Gasteiger partial charge in [-0.2, -0.15) is 10.1 Å². The lowest BCUT2D eigenvalue weighted by molar-refractivity contribution is 0.354. The van der Waals surface area contributed by atoms with Crippen LogP contribution in [0.4, 0.5) is 0 Å². The van der Waals surface area contributed by atoms with Gasteiger partial charge in [0.05, 0.1) is 24.9 Å². The van der Waals surface area contributed by atoms with Gasteiger partial charge in [-0.05, 0) is 56.9 Å². The van der Waals surface area contributed by atoms with E-state index in [0.29, 0.717) is 0 Å². The molecule has 1 N–H and O–H groups in total. The topological polar surface area (TPSA) is 77.9 Å². The molecule has 8 heteroatoms. The van der Waals surface area contributed by atoms with Gasteiger partial charge < -0.3 is 9.47 Å². The minimum atomic E-state index is 0.724. The maximum atomic E-state index is 5.40. The van der Waals surface area contributed by atoms with Crippen LogP contribution in [0.2, 0.25) is 0 Å². The second kappa shape index (κ2) is 8.71. The second-order valence-corrected chi connectivity index (χ2v) is 8.04. The van der Waals surface area contributed by atoms with Gasteiger partial charge in [0.2, 0.25) is 5.95 Å². The van der Waals surface area contributed by atoms with Gasteiger partial charge in [0.15, 0.2) is 11.5 Å². The highest BCUT2D eigenvalue weighted by molar-refractivity contribution is 7.09. The molecule has 7 nitrogen and oxygen atoms in total. The molecule has 0 saturated carbocycles. The molecule has 3 heterocycles. The van der Waals surface area contributed by atoms with Crippen LogP contribution in [0.5, 0.6) is 11.5 Å². The van der Waals surface area contributed by atoms with E-state index in [0.717, 1.165) is 64.4 Å². The third-order valence-electron chi connectivity index (χ3n) is 5.18. The summed E-state index contributed by atoms with van der Waals surface area (Å²) in [6, 6.07) is 8.25. The molecular formula is C22H25N5O2S. The highest BCUT2D eigenvalue weighted by Crippen LogP contribution is 2.31. The second-order valence-electron chi connectivity index (χ2n) is 7.10. The molecule has 0 bridgehead atoms. The van der Waals surface area contributed by atoms with Crippen molar-refractivity contribution in [2.45, 2.75) is 33.1 Å². The molecule has 0 aliphatic carbocycles. The lowest BCUT2D eigenvalue weighted by Crippen LogP contribution is -2.01. The third kappa shape index (κ3) is 3.95. The number of rotatable bonds is 8. The number of aromatic nitrogens is 5. The van der Waals surface area contributed by atoms with Crippen molar-refractivity contribution < 1.29 is 9.47 Å². The number of hydrogen-bond acceptors (Lipinski definition) is 6. The Labute approximate surface area is 179 Å².